The topological polar surface area (TPSA) is 21.1 Å². The average Bonchev–Trinajstić information content (AvgIpc) is 3.18. The van der Waals surface area contributed by atoms with Gasteiger partial charge >= 0.3 is 0 Å². The molecule has 0 spiro atoms. The highest BCUT2D eigenvalue weighted by atomic mass is 15.3. The van der Waals surface area contributed by atoms with Crippen LogP contribution in [0.5, 0.6) is 0 Å². The molecule has 1 heterocycles. The van der Waals surface area contributed by atoms with Crippen molar-refractivity contribution in [3.63, 3.8) is 0 Å². The van der Waals surface area contributed by atoms with Gasteiger partial charge in [-0.25, -0.2) is 4.68 Å². The Hall–Kier alpha value is -3.17. The molecule has 0 atom stereocenters. The van der Waals surface area contributed by atoms with Crippen molar-refractivity contribution in [1.29, 1.82) is 0 Å². The molecule has 0 bridgehead atoms. The standard InChI is InChI=1S/C24H22N3/c1-26(18-21-16-25-27(19-21)24-10-6-3-7-11-24)17-20-12-14-23(15-13-20)22-8-4-2-5-9-22/h2-8,10-16,19H,17-18H2,1H3. The molecule has 3 heteroatoms. The lowest BCUT2D eigenvalue weighted by molar-refractivity contribution is 0.319. The van der Waals surface area contributed by atoms with Gasteiger partial charge in [0, 0.05) is 24.8 Å². The van der Waals surface area contributed by atoms with Crippen molar-refractivity contribution in [2.24, 2.45) is 0 Å². The third-order valence-corrected chi connectivity index (χ3v) is 4.54. The summed E-state index contributed by atoms with van der Waals surface area (Å²) in [5.41, 5.74) is 5.92. The first kappa shape index (κ1) is 17.3. The summed E-state index contributed by atoms with van der Waals surface area (Å²) < 4.78 is 1.92. The van der Waals surface area contributed by atoms with Crippen molar-refractivity contribution in [2.75, 3.05) is 7.05 Å². The van der Waals surface area contributed by atoms with E-state index >= 15 is 0 Å². The predicted octanol–water partition coefficient (Wildman–Crippen LogP) is 4.97. The van der Waals surface area contributed by atoms with Crippen LogP contribution in [0.25, 0.3) is 16.8 Å². The monoisotopic (exact) mass is 352 g/mol. The van der Waals surface area contributed by atoms with E-state index in [1.807, 2.05) is 47.3 Å². The zero-order valence-electron chi connectivity index (χ0n) is 15.4. The van der Waals surface area contributed by atoms with Gasteiger partial charge in [0.25, 0.3) is 0 Å². The highest BCUT2D eigenvalue weighted by Gasteiger charge is 2.06. The molecule has 1 radical (unpaired) electrons. The van der Waals surface area contributed by atoms with Crippen molar-refractivity contribution in [2.45, 2.75) is 13.1 Å². The SMILES string of the molecule is CN(Cc1ccc(-c2[c]cccc2)cc1)Cc1cnn(-c2ccccc2)c1. The van der Waals surface area contributed by atoms with E-state index in [1.165, 1.54) is 16.7 Å². The summed E-state index contributed by atoms with van der Waals surface area (Å²) in [7, 11) is 2.14. The Morgan fingerprint density at radius 3 is 2.33 bits per heavy atom. The van der Waals surface area contributed by atoms with E-state index in [4.69, 9.17) is 0 Å². The van der Waals surface area contributed by atoms with Crippen LogP contribution < -0.4 is 0 Å². The van der Waals surface area contributed by atoms with E-state index in [9.17, 15) is 0 Å². The van der Waals surface area contributed by atoms with E-state index < -0.39 is 0 Å². The molecule has 0 aliphatic heterocycles. The first-order valence-electron chi connectivity index (χ1n) is 9.11. The lowest BCUT2D eigenvalue weighted by atomic mass is 10.0. The first-order chi connectivity index (χ1) is 13.3. The van der Waals surface area contributed by atoms with E-state index in [0.29, 0.717) is 0 Å². The molecule has 0 aliphatic rings. The zero-order valence-corrected chi connectivity index (χ0v) is 15.4. The van der Waals surface area contributed by atoms with Crippen molar-refractivity contribution in [3.8, 4) is 16.8 Å². The molecule has 27 heavy (non-hydrogen) atoms. The molecule has 4 rings (SSSR count). The number of nitrogens with zero attached hydrogens (tertiary/aromatic N) is 3. The number of aromatic nitrogens is 2. The van der Waals surface area contributed by atoms with E-state index in [0.717, 1.165) is 24.3 Å². The minimum absolute atomic E-state index is 0.862. The van der Waals surface area contributed by atoms with Gasteiger partial charge in [-0.05, 0) is 41.9 Å². The number of hydrogen-bond donors (Lipinski definition) is 0. The molecule has 0 N–H and O–H groups in total. The van der Waals surface area contributed by atoms with Crippen LogP contribution in [-0.4, -0.2) is 21.7 Å². The Morgan fingerprint density at radius 1 is 0.852 bits per heavy atom. The number of benzene rings is 3. The Kier molecular flexibility index (Phi) is 5.13. The van der Waals surface area contributed by atoms with Crippen LogP contribution in [0, 0.1) is 6.07 Å². The maximum absolute atomic E-state index is 4.48. The molecule has 1 aromatic heterocycles. The van der Waals surface area contributed by atoms with E-state index in [2.05, 4.69) is 71.8 Å². The van der Waals surface area contributed by atoms with Gasteiger partial charge in [-0.3, -0.25) is 4.90 Å². The minimum atomic E-state index is 0.862. The van der Waals surface area contributed by atoms with Gasteiger partial charge in [0.1, 0.15) is 0 Å². The third kappa shape index (κ3) is 4.33. The van der Waals surface area contributed by atoms with Gasteiger partial charge in [-0.15, -0.1) is 0 Å². The zero-order chi connectivity index (χ0) is 18.5. The van der Waals surface area contributed by atoms with Gasteiger partial charge < -0.3 is 0 Å². The Balaban J connectivity index is 1.38. The summed E-state index contributed by atoms with van der Waals surface area (Å²) in [6.45, 7) is 1.76. The first-order valence-corrected chi connectivity index (χ1v) is 9.11. The molecule has 3 nitrogen and oxygen atoms in total. The largest absolute Gasteiger partial charge is 0.298 e. The van der Waals surface area contributed by atoms with Crippen LogP contribution in [0.15, 0.2) is 91.3 Å². The fourth-order valence-corrected chi connectivity index (χ4v) is 3.21. The molecule has 0 saturated carbocycles. The smallest absolute Gasteiger partial charge is 0.0645 e. The fraction of sp³-hybridized carbons (Fsp3) is 0.125. The van der Waals surface area contributed by atoms with Crippen LogP contribution in [0.2, 0.25) is 0 Å². The van der Waals surface area contributed by atoms with Gasteiger partial charge in [-0.2, -0.15) is 5.10 Å². The quantitative estimate of drug-likeness (QED) is 0.488. The number of hydrogen-bond acceptors (Lipinski definition) is 2. The summed E-state index contributed by atoms with van der Waals surface area (Å²) in [5, 5.41) is 4.48. The molecule has 0 unspecified atom stereocenters. The van der Waals surface area contributed by atoms with Crippen LogP contribution in [-0.2, 0) is 13.1 Å². The molecular weight excluding hydrogens is 330 g/mol. The van der Waals surface area contributed by atoms with Crippen molar-refractivity contribution in [3.05, 3.63) is 108 Å². The van der Waals surface area contributed by atoms with Gasteiger partial charge in [0.15, 0.2) is 0 Å². The molecule has 133 valence electrons. The van der Waals surface area contributed by atoms with Crippen LogP contribution in [0.3, 0.4) is 0 Å². The van der Waals surface area contributed by atoms with Crippen LogP contribution in [0.4, 0.5) is 0 Å². The minimum Gasteiger partial charge on any atom is -0.298 e. The molecule has 0 amide bonds. The lowest BCUT2D eigenvalue weighted by Crippen LogP contribution is -2.16. The second-order valence-electron chi connectivity index (χ2n) is 6.77. The highest BCUT2D eigenvalue weighted by Crippen LogP contribution is 2.19. The molecule has 4 aromatic rings. The Bertz CT molecular complexity index is 973. The molecule has 0 aliphatic carbocycles. The highest BCUT2D eigenvalue weighted by molar-refractivity contribution is 5.62. The van der Waals surface area contributed by atoms with Gasteiger partial charge in [0.2, 0.25) is 0 Å². The maximum atomic E-state index is 4.48. The van der Waals surface area contributed by atoms with Crippen molar-refractivity contribution in [1.82, 2.24) is 14.7 Å². The van der Waals surface area contributed by atoms with Crippen molar-refractivity contribution < 1.29 is 0 Å². The van der Waals surface area contributed by atoms with Gasteiger partial charge in [-0.1, -0.05) is 66.7 Å². The molecule has 0 fully saturated rings. The van der Waals surface area contributed by atoms with Crippen LogP contribution in [0.1, 0.15) is 11.1 Å². The number of para-hydroxylation sites is 1. The summed E-state index contributed by atoms with van der Waals surface area (Å²) in [5.74, 6) is 0. The fourth-order valence-electron chi connectivity index (χ4n) is 3.21. The molecule has 0 saturated heterocycles. The lowest BCUT2D eigenvalue weighted by Gasteiger charge is -2.16. The average molecular weight is 352 g/mol. The van der Waals surface area contributed by atoms with Gasteiger partial charge in [0.05, 0.1) is 11.9 Å². The second kappa shape index (κ2) is 8.02. The van der Waals surface area contributed by atoms with E-state index in [1.54, 1.807) is 0 Å². The predicted molar refractivity (Wildman–Crippen MR) is 109 cm³/mol. The molecular formula is C24H22N3. The summed E-state index contributed by atoms with van der Waals surface area (Å²) >= 11 is 0. The second-order valence-corrected chi connectivity index (χ2v) is 6.77. The Labute approximate surface area is 160 Å². The Morgan fingerprint density at radius 2 is 1.59 bits per heavy atom. The summed E-state index contributed by atoms with van der Waals surface area (Å²) in [6, 6.07) is 30.3. The third-order valence-electron chi connectivity index (χ3n) is 4.54. The maximum Gasteiger partial charge on any atom is 0.0645 e. The molecule has 3 aromatic carbocycles. The van der Waals surface area contributed by atoms with Crippen molar-refractivity contribution >= 4 is 0 Å². The summed E-state index contributed by atoms with van der Waals surface area (Å²) in [4.78, 5) is 2.30. The van der Waals surface area contributed by atoms with E-state index in [-0.39, 0.29) is 0 Å². The normalized spacial score (nSPS) is 11.0. The number of rotatable bonds is 6. The summed E-state index contributed by atoms with van der Waals surface area (Å²) in [6.07, 6.45) is 4.04. The van der Waals surface area contributed by atoms with Crippen LogP contribution >= 0.6 is 0 Å².